The van der Waals surface area contributed by atoms with Gasteiger partial charge in [0, 0.05) is 30.1 Å². The van der Waals surface area contributed by atoms with Gasteiger partial charge < -0.3 is 9.64 Å². The Labute approximate surface area is 121 Å². The maximum Gasteiger partial charge on any atom is 0.233 e. The zero-order valence-electron chi connectivity index (χ0n) is 10.9. The minimum atomic E-state index is 0.0129. The lowest BCUT2D eigenvalue weighted by molar-refractivity contribution is -0.129. The van der Waals surface area contributed by atoms with Crippen molar-refractivity contribution in [2.24, 2.45) is 0 Å². The SMILES string of the molecule is O=C(Cc1cccs1)N1CCC(Oc2cccnn2)C1. The quantitative estimate of drug-likeness (QED) is 0.860. The zero-order valence-corrected chi connectivity index (χ0v) is 11.8. The van der Waals surface area contributed by atoms with Crippen LogP contribution in [0.1, 0.15) is 11.3 Å². The number of likely N-dealkylation sites (tertiary alicyclic amines) is 1. The molecule has 0 radical (unpaired) electrons. The molecule has 0 spiro atoms. The standard InChI is InChI=1S/C14H15N3O2S/c18-14(9-12-3-2-8-20-12)17-7-5-11(10-17)19-13-4-1-6-15-16-13/h1-4,6,8,11H,5,7,9-10H2. The summed E-state index contributed by atoms with van der Waals surface area (Å²) in [6.45, 7) is 1.37. The largest absolute Gasteiger partial charge is 0.471 e. The predicted molar refractivity (Wildman–Crippen MR) is 75.7 cm³/mol. The van der Waals surface area contributed by atoms with Gasteiger partial charge in [0.25, 0.3) is 0 Å². The van der Waals surface area contributed by atoms with E-state index >= 15 is 0 Å². The van der Waals surface area contributed by atoms with Gasteiger partial charge in [-0.3, -0.25) is 4.79 Å². The molecule has 0 N–H and O–H groups in total. The first-order chi connectivity index (χ1) is 9.81. The Bertz CT molecular complexity index is 559. The molecule has 2 aromatic rings. The van der Waals surface area contributed by atoms with E-state index in [-0.39, 0.29) is 12.0 Å². The summed E-state index contributed by atoms with van der Waals surface area (Å²) in [7, 11) is 0. The summed E-state index contributed by atoms with van der Waals surface area (Å²) in [6.07, 6.45) is 2.94. The van der Waals surface area contributed by atoms with Gasteiger partial charge in [0.1, 0.15) is 6.10 Å². The van der Waals surface area contributed by atoms with Crippen molar-refractivity contribution in [3.8, 4) is 5.88 Å². The van der Waals surface area contributed by atoms with Crippen LogP contribution in [-0.2, 0) is 11.2 Å². The highest BCUT2D eigenvalue weighted by Crippen LogP contribution is 2.18. The number of hydrogen-bond donors (Lipinski definition) is 0. The van der Waals surface area contributed by atoms with Gasteiger partial charge in [0.2, 0.25) is 11.8 Å². The lowest BCUT2D eigenvalue weighted by atomic mass is 10.3. The molecule has 1 aliphatic heterocycles. The zero-order chi connectivity index (χ0) is 13.8. The Balaban J connectivity index is 1.53. The number of hydrogen-bond acceptors (Lipinski definition) is 5. The third-order valence-electron chi connectivity index (χ3n) is 3.24. The molecular formula is C14H15N3O2S. The fourth-order valence-corrected chi connectivity index (χ4v) is 2.94. The molecule has 1 atom stereocenters. The first-order valence-electron chi connectivity index (χ1n) is 6.56. The number of thiophene rings is 1. The van der Waals surface area contributed by atoms with Crippen molar-refractivity contribution in [1.82, 2.24) is 15.1 Å². The van der Waals surface area contributed by atoms with Gasteiger partial charge in [-0.25, -0.2) is 0 Å². The third kappa shape index (κ3) is 3.14. The highest BCUT2D eigenvalue weighted by molar-refractivity contribution is 7.10. The van der Waals surface area contributed by atoms with E-state index in [1.54, 1.807) is 29.7 Å². The van der Waals surface area contributed by atoms with Crippen LogP contribution in [0.15, 0.2) is 35.8 Å². The highest BCUT2D eigenvalue weighted by atomic mass is 32.1. The number of aromatic nitrogens is 2. The van der Waals surface area contributed by atoms with Gasteiger partial charge >= 0.3 is 0 Å². The molecular weight excluding hydrogens is 274 g/mol. The number of carbonyl (C=O) groups is 1. The molecule has 2 aromatic heterocycles. The van der Waals surface area contributed by atoms with Gasteiger partial charge in [0.15, 0.2) is 0 Å². The van der Waals surface area contributed by atoms with Crippen molar-refractivity contribution in [3.05, 3.63) is 40.7 Å². The second-order valence-corrected chi connectivity index (χ2v) is 5.72. The summed E-state index contributed by atoms with van der Waals surface area (Å²) < 4.78 is 5.73. The van der Waals surface area contributed by atoms with Crippen molar-refractivity contribution < 1.29 is 9.53 Å². The first-order valence-corrected chi connectivity index (χ1v) is 7.44. The lowest BCUT2D eigenvalue weighted by Crippen LogP contribution is -2.32. The molecule has 1 fully saturated rings. The Morgan fingerprint density at radius 1 is 1.45 bits per heavy atom. The molecule has 0 aliphatic carbocycles. The maximum atomic E-state index is 12.2. The summed E-state index contributed by atoms with van der Waals surface area (Å²) in [5.41, 5.74) is 0. The number of carbonyl (C=O) groups excluding carboxylic acids is 1. The van der Waals surface area contributed by atoms with Crippen molar-refractivity contribution >= 4 is 17.2 Å². The number of rotatable bonds is 4. The van der Waals surface area contributed by atoms with Crippen LogP contribution in [-0.4, -0.2) is 40.2 Å². The molecule has 0 bridgehead atoms. The molecule has 3 rings (SSSR count). The van der Waals surface area contributed by atoms with Crippen molar-refractivity contribution in [3.63, 3.8) is 0 Å². The monoisotopic (exact) mass is 289 g/mol. The molecule has 1 saturated heterocycles. The van der Waals surface area contributed by atoms with E-state index in [4.69, 9.17) is 4.74 Å². The van der Waals surface area contributed by atoms with Crippen LogP contribution in [0.3, 0.4) is 0 Å². The van der Waals surface area contributed by atoms with Crippen LogP contribution < -0.4 is 4.74 Å². The predicted octanol–water partition coefficient (Wildman–Crippen LogP) is 1.76. The van der Waals surface area contributed by atoms with Crippen LogP contribution in [0.4, 0.5) is 0 Å². The van der Waals surface area contributed by atoms with Crippen molar-refractivity contribution in [2.75, 3.05) is 13.1 Å². The molecule has 3 heterocycles. The van der Waals surface area contributed by atoms with Gasteiger partial charge in [-0.1, -0.05) is 6.07 Å². The first kappa shape index (κ1) is 13.1. The van der Waals surface area contributed by atoms with E-state index in [1.807, 2.05) is 22.4 Å². The summed E-state index contributed by atoms with van der Waals surface area (Å²) in [5.74, 6) is 0.683. The average Bonchev–Trinajstić information content (AvgIpc) is 3.11. The average molecular weight is 289 g/mol. The molecule has 6 heteroatoms. The Morgan fingerprint density at radius 3 is 3.15 bits per heavy atom. The molecule has 0 saturated carbocycles. The van der Waals surface area contributed by atoms with E-state index in [1.165, 1.54) is 0 Å². The fraction of sp³-hybridized carbons (Fsp3) is 0.357. The summed E-state index contributed by atoms with van der Waals surface area (Å²) in [5, 5.41) is 9.67. The molecule has 0 aromatic carbocycles. The van der Waals surface area contributed by atoms with Crippen LogP contribution in [0.25, 0.3) is 0 Å². The second-order valence-electron chi connectivity index (χ2n) is 4.69. The van der Waals surface area contributed by atoms with Crippen molar-refractivity contribution in [1.29, 1.82) is 0 Å². The molecule has 104 valence electrons. The van der Waals surface area contributed by atoms with Gasteiger partial charge in [-0.2, -0.15) is 5.10 Å². The maximum absolute atomic E-state index is 12.2. The highest BCUT2D eigenvalue weighted by Gasteiger charge is 2.27. The van der Waals surface area contributed by atoms with Gasteiger partial charge in [-0.05, 0) is 17.5 Å². The Kier molecular flexibility index (Phi) is 3.92. The van der Waals surface area contributed by atoms with E-state index in [2.05, 4.69) is 10.2 Å². The van der Waals surface area contributed by atoms with Crippen molar-refractivity contribution in [2.45, 2.75) is 18.9 Å². The smallest absolute Gasteiger partial charge is 0.233 e. The number of amides is 1. The number of nitrogens with zero attached hydrogens (tertiary/aromatic N) is 3. The lowest BCUT2D eigenvalue weighted by Gasteiger charge is -2.16. The Hall–Kier alpha value is -1.95. The number of ether oxygens (including phenoxy) is 1. The van der Waals surface area contributed by atoms with E-state index < -0.39 is 0 Å². The summed E-state index contributed by atoms with van der Waals surface area (Å²) >= 11 is 1.62. The van der Waals surface area contributed by atoms with E-state index in [9.17, 15) is 4.79 Å². The van der Waals surface area contributed by atoms with Crippen LogP contribution in [0.5, 0.6) is 5.88 Å². The molecule has 5 nitrogen and oxygen atoms in total. The topological polar surface area (TPSA) is 55.3 Å². The molecule has 1 aliphatic rings. The van der Waals surface area contributed by atoms with Crippen LogP contribution in [0.2, 0.25) is 0 Å². The fourth-order valence-electron chi connectivity index (χ4n) is 2.25. The molecule has 1 unspecified atom stereocenters. The van der Waals surface area contributed by atoms with Crippen LogP contribution >= 0.6 is 11.3 Å². The van der Waals surface area contributed by atoms with Crippen LogP contribution in [0, 0.1) is 0 Å². The second kappa shape index (κ2) is 6.00. The minimum Gasteiger partial charge on any atom is -0.471 e. The third-order valence-corrected chi connectivity index (χ3v) is 4.11. The minimum absolute atomic E-state index is 0.0129. The van der Waals surface area contributed by atoms with Gasteiger partial charge in [-0.15, -0.1) is 16.4 Å². The molecule has 1 amide bonds. The van der Waals surface area contributed by atoms with E-state index in [0.717, 1.165) is 17.8 Å². The summed E-state index contributed by atoms with van der Waals surface area (Å²) in [6, 6.07) is 7.53. The normalized spacial score (nSPS) is 18.2. The summed E-state index contributed by atoms with van der Waals surface area (Å²) in [4.78, 5) is 15.1. The van der Waals surface area contributed by atoms with E-state index in [0.29, 0.717) is 18.8 Å². The Morgan fingerprint density at radius 2 is 2.40 bits per heavy atom. The molecule has 20 heavy (non-hydrogen) atoms. The van der Waals surface area contributed by atoms with Gasteiger partial charge in [0.05, 0.1) is 13.0 Å².